The molecule has 0 amide bonds. The molecule has 0 aliphatic heterocycles. The number of para-hydroxylation sites is 1. The summed E-state index contributed by atoms with van der Waals surface area (Å²) in [5, 5.41) is 37.5. The van der Waals surface area contributed by atoms with E-state index in [1.54, 1.807) is 6.92 Å². The fourth-order valence-electron chi connectivity index (χ4n) is 4.45. The minimum atomic E-state index is -4.45. The third kappa shape index (κ3) is 5.66. The number of aliphatic hydroxyl groups excluding tert-OH is 3. The summed E-state index contributed by atoms with van der Waals surface area (Å²) in [5.74, 6) is -0.565. The van der Waals surface area contributed by atoms with Crippen molar-refractivity contribution < 1.29 is 28.5 Å². The van der Waals surface area contributed by atoms with Crippen LogP contribution in [0.3, 0.4) is 0 Å². The molecular formula is C23H28F3N5O3S. The van der Waals surface area contributed by atoms with Gasteiger partial charge in [0, 0.05) is 5.92 Å². The number of alkyl halides is 3. The second kappa shape index (κ2) is 10.2. The Morgan fingerprint density at radius 2 is 1.89 bits per heavy atom. The van der Waals surface area contributed by atoms with Gasteiger partial charge in [0.25, 0.3) is 0 Å². The van der Waals surface area contributed by atoms with E-state index in [1.165, 1.54) is 11.3 Å². The molecular weight excluding hydrogens is 483 g/mol. The second-order valence-electron chi connectivity index (χ2n) is 8.80. The number of benzene rings is 1. The number of thiazole rings is 1. The average Bonchev–Trinajstić information content (AvgIpc) is 3.33. The molecule has 3 aromatic rings. The molecule has 4 rings (SSSR count). The van der Waals surface area contributed by atoms with Crippen LogP contribution in [0.4, 0.5) is 24.9 Å². The van der Waals surface area contributed by atoms with E-state index >= 15 is 0 Å². The van der Waals surface area contributed by atoms with Gasteiger partial charge in [0.1, 0.15) is 23.5 Å². The monoisotopic (exact) mass is 511 g/mol. The Labute approximate surface area is 204 Å². The third-order valence-electron chi connectivity index (χ3n) is 6.17. The van der Waals surface area contributed by atoms with Crippen LogP contribution in [0.2, 0.25) is 0 Å². The van der Waals surface area contributed by atoms with E-state index in [-0.39, 0.29) is 18.2 Å². The zero-order valence-electron chi connectivity index (χ0n) is 19.3. The number of hydrogen-bond donors (Lipinski definition) is 5. The molecule has 5 atom stereocenters. The van der Waals surface area contributed by atoms with Crippen LogP contribution in [-0.4, -0.2) is 67.3 Å². The van der Waals surface area contributed by atoms with E-state index < -0.39 is 43.0 Å². The summed E-state index contributed by atoms with van der Waals surface area (Å²) >= 11 is 1.39. The summed E-state index contributed by atoms with van der Waals surface area (Å²) in [6.07, 6.45) is -6.11. The summed E-state index contributed by atoms with van der Waals surface area (Å²) in [6, 6.07) is 6.83. The third-order valence-corrected chi connectivity index (χ3v) is 7.23. The van der Waals surface area contributed by atoms with Gasteiger partial charge in [-0.3, -0.25) is 0 Å². The van der Waals surface area contributed by atoms with Gasteiger partial charge in [-0.05, 0) is 31.9 Å². The second-order valence-corrected chi connectivity index (χ2v) is 9.83. The van der Waals surface area contributed by atoms with Crippen molar-refractivity contribution in [3.8, 4) is 10.6 Å². The summed E-state index contributed by atoms with van der Waals surface area (Å²) in [7, 11) is 0. The Morgan fingerprint density at radius 3 is 2.57 bits per heavy atom. The number of anilines is 2. The van der Waals surface area contributed by atoms with Crippen molar-refractivity contribution >= 4 is 33.3 Å². The largest absolute Gasteiger partial charge is 0.405 e. The highest BCUT2D eigenvalue weighted by Gasteiger charge is 2.44. The molecule has 1 saturated carbocycles. The summed E-state index contributed by atoms with van der Waals surface area (Å²) < 4.78 is 39.3. The lowest BCUT2D eigenvalue weighted by Crippen LogP contribution is -2.37. The molecule has 1 fully saturated rings. The predicted octanol–water partition coefficient (Wildman–Crippen LogP) is 3.72. The predicted molar refractivity (Wildman–Crippen MR) is 128 cm³/mol. The lowest BCUT2D eigenvalue weighted by molar-refractivity contribution is -0.115. The normalized spacial score (nSPS) is 23.5. The molecule has 0 radical (unpaired) electrons. The minimum absolute atomic E-state index is 0.197. The molecule has 12 heteroatoms. The van der Waals surface area contributed by atoms with Gasteiger partial charge in [-0.2, -0.15) is 18.2 Å². The number of nitrogens with zero attached hydrogens (tertiary/aromatic N) is 3. The lowest BCUT2D eigenvalue weighted by atomic mass is 9.95. The fourth-order valence-corrected chi connectivity index (χ4v) is 5.51. The van der Waals surface area contributed by atoms with Gasteiger partial charge in [0.05, 0.1) is 39.7 Å². The molecule has 190 valence electrons. The van der Waals surface area contributed by atoms with E-state index in [0.29, 0.717) is 22.7 Å². The summed E-state index contributed by atoms with van der Waals surface area (Å²) in [6.45, 7) is 2.27. The highest BCUT2D eigenvalue weighted by atomic mass is 32.1. The van der Waals surface area contributed by atoms with E-state index in [2.05, 4.69) is 25.6 Å². The van der Waals surface area contributed by atoms with Gasteiger partial charge >= 0.3 is 6.18 Å². The molecule has 1 aromatic carbocycles. The zero-order chi connectivity index (χ0) is 25.3. The maximum Gasteiger partial charge on any atom is 0.405 e. The van der Waals surface area contributed by atoms with Crippen molar-refractivity contribution in [1.29, 1.82) is 0 Å². The summed E-state index contributed by atoms with van der Waals surface area (Å²) in [4.78, 5) is 13.1. The first kappa shape index (κ1) is 25.5. The van der Waals surface area contributed by atoms with Crippen LogP contribution in [0, 0.1) is 12.8 Å². The number of fused-ring (bicyclic) bond motifs is 1. The molecule has 5 unspecified atom stereocenters. The van der Waals surface area contributed by atoms with Crippen LogP contribution in [0.1, 0.15) is 31.9 Å². The number of aromatic nitrogens is 3. The van der Waals surface area contributed by atoms with E-state index in [9.17, 15) is 28.5 Å². The smallest absolute Gasteiger partial charge is 0.393 e. The molecule has 2 heterocycles. The van der Waals surface area contributed by atoms with E-state index in [4.69, 9.17) is 0 Å². The van der Waals surface area contributed by atoms with Gasteiger partial charge in [0.15, 0.2) is 0 Å². The van der Waals surface area contributed by atoms with Crippen LogP contribution in [0.5, 0.6) is 0 Å². The van der Waals surface area contributed by atoms with E-state index in [0.717, 1.165) is 16.6 Å². The molecule has 2 aromatic heterocycles. The van der Waals surface area contributed by atoms with Gasteiger partial charge in [0.2, 0.25) is 5.95 Å². The number of aryl methyl sites for hydroxylation is 1. The average molecular weight is 512 g/mol. The van der Waals surface area contributed by atoms with E-state index in [1.807, 2.05) is 31.2 Å². The molecule has 35 heavy (non-hydrogen) atoms. The Balaban J connectivity index is 1.70. The maximum atomic E-state index is 12.8. The van der Waals surface area contributed by atoms with Gasteiger partial charge in [-0.1, -0.05) is 25.5 Å². The quantitative estimate of drug-likeness (QED) is 0.310. The summed E-state index contributed by atoms with van der Waals surface area (Å²) in [5.41, 5.74) is 1.67. The molecule has 1 aliphatic carbocycles. The van der Waals surface area contributed by atoms with Crippen LogP contribution < -0.4 is 10.6 Å². The maximum absolute atomic E-state index is 12.8. The lowest BCUT2D eigenvalue weighted by Gasteiger charge is -2.21. The van der Waals surface area contributed by atoms with Gasteiger partial charge in [-0.15, -0.1) is 11.3 Å². The fraction of sp³-hybridized carbons (Fsp3) is 0.522. The zero-order valence-corrected chi connectivity index (χ0v) is 20.1. The highest BCUT2D eigenvalue weighted by Crippen LogP contribution is 2.39. The number of hydrogen-bond acceptors (Lipinski definition) is 9. The molecule has 0 spiro atoms. The van der Waals surface area contributed by atoms with Gasteiger partial charge in [-0.25, -0.2) is 9.97 Å². The molecule has 0 bridgehead atoms. The first-order valence-corrected chi connectivity index (χ1v) is 12.2. The van der Waals surface area contributed by atoms with Crippen LogP contribution in [-0.2, 0) is 0 Å². The number of aliphatic hydroxyl groups is 3. The van der Waals surface area contributed by atoms with Crippen molar-refractivity contribution in [2.24, 2.45) is 5.92 Å². The first-order valence-electron chi connectivity index (χ1n) is 11.4. The standard InChI is InChI=1S/C23H28F3N5O3S/c1-3-6-15(32)12-9-14(19(34)18(12)33)29-20-17(21-30-13-7-4-5-8-16(13)35-21)11(2)28-22(31-20)27-10-23(24,25)26/h4-5,7-8,12,14-15,18-19,32-34H,3,6,9-10H2,1-2H3,(H2,27,28,29,31). The first-order chi connectivity index (χ1) is 16.6. The number of halogens is 3. The van der Waals surface area contributed by atoms with Gasteiger partial charge < -0.3 is 26.0 Å². The Bertz CT molecular complexity index is 1140. The van der Waals surface area contributed by atoms with Crippen molar-refractivity contribution in [3.63, 3.8) is 0 Å². The van der Waals surface area contributed by atoms with Crippen LogP contribution in [0.15, 0.2) is 24.3 Å². The Kier molecular flexibility index (Phi) is 7.46. The molecule has 0 saturated heterocycles. The van der Waals surface area contributed by atoms with Crippen LogP contribution >= 0.6 is 11.3 Å². The SMILES string of the molecule is CCCC(O)C1CC(Nc2nc(NCC(F)(F)F)nc(C)c2-c2nc3ccccc3s2)C(O)C1O. The molecule has 5 N–H and O–H groups in total. The van der Waals surface area contributed by atoms with Crippen molar-refractivity contribution in [2.45, 2.75) is 63.6 Å². The Hall–Kier alpha value is -2.54. The highest BCUT2D eigenvalue weighted by molar-refractivity contribution is 7.21. The number of rotatable bonds is 8. The van der Waals surface area contributed by atoms with Crippen molar-refractivity contribution in [1.82, 2.24) is 15.0 Å². The van der Waals surface area contributed by atoms with Crippen molar-refractivity contribution in [3.05, 3.63) is 30.0 Å². The van der Waals surface area contributed by atoms with Crippen LogP contribution in [0.25, 0.3) is 20.8 Å². The molecule has 1 aliphatic rings. The van der Waals surface area contributed by atoms with Crippen molar-refractivity contribution in [2.75, 3.05) is 17.2 Å². The molecule has 8 nitrogen and oxygen atoms in total. The minimum Gasteiger partial charge on any atom is -0.393 e. The topological polar surface area (TPSA) is 123 Å². The number of nitrogens with one attached hydrogen (secondary N) is 2. The Morgan fingerprint density at radius 1 is 1.14 bits per heavy atom.